The molecular formula is C12H17NO2S. The van der Waals surface area contributed by atoms with Crippen LogP contribution in [0.3, 0.4) is 0 Å². The third-order valence-electron chi connectivity index (χ3n) is 2.86. The lowest BCUT2D eigenvalue weighted by atomic mass is 9.88. The van der Waals surface area contributed by atoms with Crippen LogP contribution >= 0.6 is 0 Å². The monoisotopic (exact) mass is 239 g/mol. The van der Waals surface area contributed by atoms with E-state index in [4.69, 9.17) is 0 Å². The van der Waals surface area contributed by atoms with Crippen molar-refractivity contribution in [3.8, 4) is 0 Å². The van der Waals surface area contributed by atoms with Crippen molar-refractivity contribution in [3.05, 3.63) is 23.9 Å². The molecule has 1 fully saturated rings. The molecule has 0 aliphatic heterocycles. The van der Waals surface area contributed by atoms with E-state index in [1.165, 1.54) is 0 Å². The quantitative estimate of drug-likeness (QED) is 0.795. The number of nitrogens with zero attached hydrogens (tertiary/aromatic N) is 1. The molecule has 3 nitrogen and oxygen atoms in total. The van der Waals surface area contributed by atoms with Gasteiger partial charge in [-0.25, -0.2) is 13.4 Å². The maximum Gasteiger partial charge on any atom is 0.198 e. The van der Waals surface area contributed by atoms with E-state index in [1.54, 1.807) is 12.3 Å². The van der Waals surface area contributed by atoms with Crippen LogP contribution < -0.4 is 0 Å². The highest BCUT2D eigenvalue weighted by Gasteiger charge is 2.37. The Kier molecular flexibility index (Phi) is 2.57. The Morgan fingerprint density at radius 1 is 1.25 bits per heavy atom. The van der Waals surface area contributed by atoms with E-state index in [9.17, 15) is 8.42 Å². The molecule has 0 N–H and O–H groups in total. The third kappa shape index (κ3) is 2.12. The maximum atomic E-state index is 11.9. The standard InChI is InChI=1S/C12H17NO2S/c1-12(2,3)9-4-7-11(13-8-9)16(14,15)10-5-6-10/h4,7-8,10H,5-6H2,1-3H3. The lowest BCUT2D eigenvalue weighted by molar-refractivity contribution is 0.579. The first kappa shape index (κ1) is 11.6. The summed E-state index contributed by atoms with van der Waals surface area (Å²) in [7, 11) is -3.14. The minimum absolute atomic E-state index is 0.00880. The second kappa shape index (κ2) is 3.55. The third-order valence-corrected chi connectivity index (χ3v) is 5.03. The molecule has 1 aromatic heterocycles. The molecule has 16 heavy (non-hydrogen) atoms. The van der Waals surface area contributed by atoms with Crippen LogP contribution in [0.15, 0.2) is 23.4 Å². The van der Waals surface area contributed by atoms with Crippen LogP contribution in [0.2, 0.25) is 0 Å². The summed E-state index contributed by atoms with van der Waals surface area (Å²) < 4.78 is 23.8. The van der Waals surface area contributed by atoms with Gasteiger partial charge < -0.3 is 0 Å². The SMILES string of the molecule is CC(C)(C)c1ccc(S(=O)(=O)C2CC2)nc1. The summed E-state index contributed by atoms with van der Waals surface area (Å²) in [5.41, 5.74) is 1.07. The summed E-state index contributed by atoms with van der Waals surface area (Å²) in [4.78, 5) is 4.09. The van der Waals surface area contributed by atoms with Gasteiger partial charge in [-0.3, -0.25) is 0 Å². The summed E-state index contributed by atoms with van der Waals surface area (Å²) in [6.45, 7) is 6.25. The highest BCUT2D eigenvalue weighted by atomic mass is 32.2. The van der Waals surface area contributed by atoms with Crippen LogP contribution in [0.5, 0.6) is 0 Å². The van der Waals surface area contributed by atoms with Crippen molar-refractivity contribution in [1.29, 1.82) is 0 Å². The molecule has 0 spiro atoms. The fourth-order valence-corrected chi connectivity index (χ4v) is 3.10. The first-order valence-corrected chi connectivity index (χ1v) is 7.07. The molecule has 2 rings (SSSR count). The number of aromatic nitrogens is 1. The molecule has 0 bridgehead atoms. The van der Waals surface area contributed by atoms with Gasteiger partial charge in [0.15, 0.2) is 14.9 Å². The van der Waals surface area contributed by atoms with E-state index in [0.29, 0.717) is 0 Å². The fourth-order valence-electron chi connectivity index (χ4n) is 1.54. The van der Waals surface area contributed by atoms with Crippen molar-refractivity contribution in [2.24, 2.45) is 0 Å². The van der Waals surface area contributed by atoms with Crippen LogP contribution in [-0.2, 0) is 15.3 Å². The summed E-state index contributed by atoms with van der Waals surface area (Å²) in [5.74, 6) is 0. The summed E-state index contributed by atoms with van der Waals surface area (Å²) >= 11 is 0. The summed E-state index contributed by atoms with van der Waals surface area (Å²) in [6, 6.07) is 3.50. The highest BCUT2D eigenvalue weighted by molar-refractivity contribution is 7.92. The fraction of sp³-hybridized carbons (Fsp3) is 0.583. The summed E-state index contributed by atoms with van der Waals surface area (Å²) in [5, 5.41) is 0.0449. The van der Waals surface area contributed by atoms with Crippen molar-refractivity contribution >= 4 is 9.84 Å². The van der Waals surface area contributed by atoms with E-state index >= 15 is 0 Å². The van der Waals surface area contributed by atoms with E-state index in [-0.39, 0.29) is 15.7 Å². The zero-order valence-electron chi connectivity index (χ0n) is 9.90. The Morgan fingerprint density at radius 2 is 1.88 bits per heavy atom. The molecule has 1 saturated carbocycles. The molecule has 0 amide bonds. The predicted octanol–water partition coefficient (Wildman–Crippen LogP) is 2.32. The summed E-state index contributed by atoms with van der Waals surface area (Å²) in [6.07, 6.45) is 3.24. The van der Waals surface area contributed by atoms with Gasteiger partial charge in [0.05, 0.1) is 5.25 Å². The molecule has 0 saturated heterocycles. The van der Waals surface area contributed by atoms with Gasteiger partial charge in [0.25, 0.3) is 0 Å². The Hall–Kier alpha value is -0.900. The van der Waals surface area contributed by atoms with Gasteiger partial charge in [-0.05, 0) is 29.9 Å². The van der Waals surface area contributed by atoms with Crippen molar-refractivity contribution in [1.82, 2.24) is 4.98 Å². The van der Waals surface area contributed by atoms with E-state index in [2.05, 4.69) is 25.8 Å². The number of sulfone groups is 1. The molecular weight excluding hydrogens is 222 g/mol. The van der Waals surface area contributed by atoms with Gasteiger partial charge in [-0.2, -0.15) is 0 Å². The predicted molar refractivity (Wildman–Crippen MR) is 63.1 cm³/mol. The van der Waals surface area contributed by atoms with E-state index in [0.717, 1.165) is 18.4 Å². The first-order chi connectivity index (χ1) is 7.32. The maximum absolute atomic E-state index is 11.9. The number of rotatable bonds is 2. The Balaban J connectivity index is 2.33. The number of pyridine rings is 1. The first-order valence-electron chi connectivity index (χ1n) is 5.52. The number of hydrogen-bond donors (Lipinski definition) is 0. The Morgan fingerprint density at radius 3 is 2.25 bits per heavy atom. The van der Waals surface area contributed by atoms with Crippen LogP contribution in [-0.4, -0.2) is 18.7 Å². The molecule has 1 aliphatic carbocycles. The normalized spacial score (nSPS) is 17.4. The van der Waals surface area contributed by atoms with E-state index < -0.39 is 9.84 Å². The Labute approximate surface area is 96.8 Å². The minimum atomic E-state index is -3.14. The molecule has 1 aliphatic rings. The molecule has 88 valence electrons. The van der Waals surface area contributed by atoms with Gasteiger partial charge in [0, 0.05) is 6.20 Å². The van der Waals surface area contributed by atoms with Crippen molar-refractivity contribution in [2.45, 2.75) is 49.3 Å². The topological polar surface area (TPSA) is 47.0 Å². The Bertz CT molecular complexity index is 479. The lowest BCUT2D eigenvalue weighted by Crippen LogP contribution is -2.14. The zero-order chi connectivity index (χ0) is 12.0. The molecule has 1 heterocycles. The van der Waals surface area contributed by atoms with E-state index in [1.807, 2.05) is 6.07 Å². The number of hydrogen-bond acceptors (Lipinski definition) is 3. The van der Waals surface area contributed by atoms with Crippen LogP contribution in [0, 0.1) is 0 Å². The molecule has 0 atom stereocenters. The second-order valence-electron chi connectivity index (χ2n) is 5.38. The van der Waals surface area contributed by atoms with Crippen LogP contribution in [0.1, 0.15) is 39.2 Å². The van der Waals surface area contributed by atoms with Crippen molar-refractivity contribution < 1.29 is 8.42 Å². The smallest absolute Gasteiger partial charge is 0.198 e. The van der Waals surface area contributed by atoms with Gasteiger partial charge in [0.1, 0.15) is 0 Å². The van der Waals surface area contributed by atoms with Crippen molar-refractivity contribution in [2.75, 3.05) is 0 Å². The average Bonchev–Trinajstić information content (AvgIpc) is 3.00. The largest absolute Gasteiger partial charge is 0.244 e. The molecule has 0 unspecified atom stereocenters. The molecule has 1 aromatic rings. The van der Waals surface area contributed by atoms with Crippen LogP contribution in [0.4, 0.5) is 0 Å². The minimum Gasteiger partial charge on any atom is -0.244 e. The zero-order valence-corrected chi connectivity index (χ0v) is 10.7. The van der Waals surface area contributed by atoms with Gasteiger partial charge >= 0.3 is 0 Å². The van der Waals surface area contributed by atoms with Crippen LogP contribution in [0.25, 0.3) is 0 Å². The average molecular weight is 239 g/mol. The molecule has 0 radical (unpaired) electrons. The van der Waals surface area contributed by atoms with Gasteiger partial charge in [-0.15, -0.1) is 0 Å². The lowest BCUT2D eigenvalue weighted by Gasteiger charge is -2.18. The van der Waals surface area contributed by atoms with Gasteiger partial charge in [0.2, 0.25) is 0 Å². The van der Waals surface area contributed by atoms with Crippen molar-refractivity contribution in [3.63, 3.8) is 0 Å². The molecule has 4 heteroatoms. The second-order valence-corrected chi connectivity index (χ2v) is 7.55. The van der Waals surface area contributed by atoms with Gasteiger partial charge in [-0.1, -0.05) is 26.8 Å². The molecule has 0 aromatic carbocycles. The highest BCUT2D eigenvalue weighted by Crippen LogP contribution is 2.33.